The Balaban J connectivity index is 1.47. The number of methoxy groups -OCH3 is 1. The van der Waals surface area contributed by atoms with Gasteiger partial charge in [0.05, 0.1) is 12.1 Å². The van der Waals surface area contributed by atoms with E-state index in [0.717, 1.165) is 17.8 Å². The number of imidazole rings is 1. The third-order valence-corrected chi connectivity index (χ3v) is 5.00. The van der Waals surface area contributed by atoms with Crippen molar-refractivity contribution in [3.05, 3.63) is 54.7 Å². The topological polar surface area (TPSA) is 63.1 Å². The Morgan fingerprint density at radius 3 is 3.04 bits per heavy atom. The average Bonchev–Trinajstić information content (AvgIpc) is 3.38. The molecule has 2 atom stereocenters. The van der Waals surface area contributed by atoms with E-state index >= 15 is 0 Å². The first kappa shape index (κ1) is 15.9. The maximum atomic E-state index is 12.9. The van der Waals surface area contributed by atoms with Crippen molar-refractivity contribution >= 4 is 16.8 Å². The predicted molar refractivity (Wildman–Crippen MR) is 95.0 cm³/mol. The minimum Gasteiger partial charge on any atom is -0.380 e. The van der Waals surface area contributed by atoms with E-state index < -0.39 is 0 Å². The van der Waals surface area contributed by atoms with Crippen molar-refractivity contribution in [2.24, 2.45) is 0 Å². The highest BCUT2D eigenvalue weighted by atomic mass is 16.5. The van der Waals surface area contributed by atoms with Gasteiger partial charge in [-0.1, -0.05) is 18.2 Å². The second-order valence-electron chi connectivity index (χ2n) is 6.45. The lowest BCUT2D eigenvalue weighted by molar-refractivity contribution is -0.132. The number of benzene rings is 1. The fourth-order valence-corrected chi connectivity index (χ4v) is 3.66. The van der Waals surface area contributed by atoms with Crippen LogP contribution in [-0.2, 0) is 16.1 Å². The molecule has 1 unspecified atom stereocenters. The predicted octanol–water partition coefficient (Wildman–Crippen LogP) is 2.74. The number of rotatable bonds is 5. The number of aryl methyl sites for hydroxylation is 1. The molecule has 1 N–H and O–H groups in total. The zero-order chi connectivity index (χ0) is 17.2. The summed E-state index contributed by atoms with van der Waals surface area (Å²) in [5.41, 5.74) is 1.16. The van der Waals surface area contributed by atoms with E-state index in [9.17, 15) is 4.79 Å². The van der Waals surface area contributed by atoms with Crippen LogP contribution in [0, 0.1) is 0 Å². The van der Waals surface area contributed by atoms with Crippen LogP contribution in [0.15, 0.2) is 48.9 Å². The molecule has 6 nitrogen and oxygen atoms in total. The number of carbonyl (C=O) groups is 1. The molecule has 4 rings (SSSR count). The molecule has 1 aromatic carbocycles. The van der Waals surface area contributed by atoms with Gasteiger partial charge in [-0.25, -0.2) is 4.98 Å². The molecule has 1 saturated heterocycles. The van der Waals surface area contributed by atoms with Gasteiger partial charge in [0.25, 0.3) is 0 Å². The molecule has 1 fully saturated rings. The zero-order valence-corrected chi connectivity index (χ0v) is 14.3. The van der Waals surface area contributed by atoms with Gasteiger partial charge in [0.2, 0.25) is 5.91 Å². The summed E-state index contributed by atoms with van der Waals surface area (Å²) in [6.07, 6.45) is 6.87. The minimum absolute atomic E-state index is 0.0335. The Morgan fingerprint density at radius 2 is 2.24 bits per heavy atom. The SMILES string of the molecule is CO[C@@H]1CC(c2ncc[nH]2)N(C(=O)CCn2ccc3ccccc32)C1. The summed E-state index contributed by atoms with van der Waals surface area (Å²) in [6, 6.07) is 10.3. The highest BCUT2D eigenvalue weighted by Gasteiger charge is 2.37. The van der Waals surface area contributed by atoms with E-state index in [0.29, 0.717) is 19.5 Å². The van der Waals surface area contributed by atoms with Crippen LogP contribution < -0.4 is 0 Å². The van der Waals surface area contributed by atoms with Crippen molar-refractivity contribution < 1.29 is 9.53 Å². The number of ether oxygens (including phenoxy) is 1. The third-order valence-electron chi connectivity index (χ3n) is 5.00. The normalized spacial score (nSPS) is 20.4. The van der Waals surface area contributed by atoms with Crippen molar-refractivity contribution in [1.29, 1.82) is 0 Å². The van der Waals surface area contributed by atoms with E-state index in [1.165, 1.54) is 5.39 Å². The molecule has 25 heavy (non-hydrogen) atoms. The van der Waals surface area contributed by atoms with Crippen LogP contribution in [0.3, 0.4) is 0 Å². The number of fused-ring (bicyclic) bond motifs is 1. The molecule has 0 bridgehead atoms. The van der Waals surface area contributed by atoms with E-state index in [1.807, 2.05) is 23.2 Å². The Bertz CT molecular complexity index is 855. The number of para-hydroxylation sites is 1. The van der Waals surface area contributed by atoms with Gasteiger partial charge >= 0.3 is 0 Å². The number of hydrogen-bond acceptors (Lipinski definition) is 3. The number of likely N-dealkylation sites (tertiary alicyclic amines) is 1. The molecule has 3 heterocycles. The summed E-state index contributed by atoms with van der Waals surface area (Å²) in [4.78, 5) is 22.2. The molecule has 1 aliphatic rings. The smallest absolute Gasteiger partial charge is 0.225 e. The second-order valence-corrected chi connectivity index (χ2v) is 6.45. The fraction of sp³-hybridized carbons (Fsp3) is 0.368. The number of carbonyl (C=O) groups excluding carboxylic acids is 1. The molecule has 1 aliphatic heterocycles. The van der Waals surface area contributed by atoms with Gasteiger partial charge in [-0.3, -0.25) is 4.79 Å². The van der Waals surface area contributed by atoms with Gasteiger partial charge in [-0.15, -0.1) is 0 Å². The highest BCUT2D eigenvalue weighted by molar-refractivity contribution is 5.81. The zero-order valence-electron chi connectivity index (χ0n) is 14.3. The number of nitrogens with one attached hydrogen (secondary N) is 1. The first-order valence-corrected chi connectivity index (χ1v) is 8.61. The monoisotopic (exact) mass is 338 g/mol. The summed E-state index contributed by atoms with van der Waals surface area (Å²) in [7, 11) is 1.70. The van der Waals surface area contributed by atoms with Crippen LogP contribution in [0.25, 0.3) is 10.9 Å². The van der Waals surface area contributed by atoms with Crippen LogP contribution in [0.5, 0.6) is 0 Å². The minimum atomic E-state index is -0.0335. The molecule has 2 aromatic heterocycles. The molecule has 3 aromatic rings. The van der Waals surface area contributed by atoms with Gasteiger partial charge in [0.1, 0.15) is 5.82 Å². The van der Waals surface area contributed by atoms with E-state index in [1.54, 1.807) is 19.5 Å². The molecule has 0 aliphatic carbocycles. The first-order chi connectivity index (χ1) is 12.3. The molecule has 130 valence electrons. The van der Waals surface area contributed by atoms with E-state index in [2.05, 4.69) is 32.7 Å². The van der Waals surface area contributed by atoms with Crippen molar-refractivity contribution in [3.8, 4) is 0 Å². The summed E-state index contributed by atoms with van der Waals surface area (Å²) in [5, 5.41) is 1.20. The Hall–Kier alpha value is -2.60. The lowest BCUT2D eigenvalue weighted by atomic mass is 10.2. The molecular weight excluding hydrogens is 316 g/mol. The molecule has 0 radical (unpaired) electrons. The summed E-state index contributed by atoms with van der Waals surface area (Å²) in [6.45, 7) is 1.29. The molecule has 1 amide bonds. The van der Waals surface area contributed by atoms with Crippen LogP contribution >= 0.6 is 0 Å². The van der Waals surface area contributed by atoms with Crippen molar-refractivity contribution in [3.63, 3.8) is 0 Å². The lowest BCUT2D eigenvalue weighted by Crippen LogP contribution is -2.33. The third kappa shape index (κ3) is 3.05. The highest BCUT2D eigenvalue weighted by Crippen LogP contribution is 2.32. The van der Waals surface area contributed by atoms with Crippen molar-refractivity contribution in [1.82, 2.24) is 19.4 Å². The maximum Gasteiger partial charge on any atom is 0.225 e. The first-order valence-electron chi connectivity index (χ1n) is 8.61. The quantitative estimate of drug-likeness (QED) is 0.778. The number of aromatic amines is 1. The number of nitrogens with zero attached hydrogens (tertiary/aromatic N) is 3. The summed E-state index contributed by atoms with van der Waals surface area (Å²) >= 11 is 0. The Labute approximate surface area is 146 Å². The van der Waals surface area contributed by atoms with Crippen molar-refractivity contribution in [2.75, 3.05) is 13.7 Å². The molecule has 0 spiro atoms. The van der Waals surface area contributed by atoms with Gasteiger partial charge in [-0.2, -0.15) is 0 Å². The lowest BCUT2D eigenvalue weighted by Gasteiger charge is -2.23. The van der Waals surface area contributed by atoms with E-state index in [4.69, 9.17) is 4.74 Å². The standard InChI is InChI=1S/C19H22N4O2/c1-25-15-12-17(19-20-8-9-21-19)23(13-15)18(24)7-11-22-10-6-14-4-2-3-5-16(14)22/h2-6,8-10,15,17H,7,11-13H2,1H3,(H,20,21)/t15-,17?/m1/s1. The Morgan fingerprint density at radius 1 is 1.36 bits per heavy atom. The Kier molecular flexibility index (Phi) is 4.28. The fourth-order valence-electron chi connectivity index (χ4n) is 3.66. The number of aromatic nitrogens is 3. The van der Waals surface area contributed by atoms with Gasteiger partial charge in [0, 0.05) is 57.1 Å². The van der Waals surface area contributed by atoms with Gasteiger partial charge in [0.15, 0.2) is 0 Å². The summed E-state index contributed by atoms with van der Waals surface area (Å²) in [5.74, 6) is 0.970. The van der Waals surface area contributed by atoms with Gasteiger partial charge in [-0.05, 0) is 17.5 Å². The largest absolute Gasteiger partial charge is 0.380 e. The number of amides is 1. The van der Waals surface area contributed by atoms with Crippen LogP contribution in [0.4, 0.5) is 0 Å². The number of hydrogen-bond donors (Lipinski definition) is 1. The van der Waals surface area contributed by atoms with Crippen LogP contribution in [0.1, 0.15) is 24.7 Å². The van der Waals surface area contributed by atoms with E-state index in [-0.39, 0.29) is 18.1 Å². The average molecular weight is 338 g/mol. The number of H-pyrrole nitrogens is 1. The molecular formula is C19H22N4O2. The summed E-state index contributed by atoms with van der Waals surface area (Å²) < 4.78 is 7.63. The van der Waals surface area contributed by atoms with Crippen LogP contribution in [-0.4, -0.2) is 45.1 Å². The molecule has 0 saturated carbocycles. The van der Waals surface area contributed by atoms with Crippen molar-refractivity contribution in [2.45, 2.75) is 31.5 Å². The maximum absolute atomic E-state index is 12.9. The second kappa shape index (κ2) is 6.72. The molecule has 6 heteroatoms. The van der Waals surface area contributed by atoms with Gasteiger partial charge < -0.3 is 19.2 Å². The van der Waals surface area contributed by atoms with Crippen LogP contribution in [0.2, 0.25) is 0 Å².